The van der Waals surface area contributed by atoms with Crippen LogP contribution in [-0.4, -0.2) is 6.47 Å². The van der Waals surface area contributed by atoms with E-state index in [4.69, 9.17) is 0 Å². The largest absolute Gasteiger partial charge is 0.429 e. The average Bonchev–Trinajstić information content (AvgIpc) is 2.06. The lowest BCUT2D eigenvalue weighted by molar-refractivity contribution is -0.122. The van der Waals surface area contributed by atoms with E-state index in [1.807, 2.05) is 0 Å². The van der Waals surface area contributed by atoms with E-state index in [1.54, 1.807) is 0 Å². The smallest absolute Gasteiger partial charge is 0.298 e. The maximum atomic E-state index is 12.4. The standard InChI is InChI=1S/C9H7FO2/c1-7(12-6-11)8-2-4-9(10)5-3-8/h2-6H,1H2. The van der Waals surface area contributed by atoms with Crippen molar-refractivity contribution in [2.45, 2.75) is 0 Å². The van der Waals surface area contributed by atoms with Crippen molar-refractivity contribution in [3.05, 3.63) is 42.2 Å². The Morgan fingerprint density at radius 3 is 2.50 bits per heavy atom. The normalized spacial score (nSPS) is 9.08. The van der Waals surface area contributed by atoms with Gasteiger partial charge in [-0.2, -0.15) is 0 Å². The van der Waals surface area contributed by atoms with E-state index >= 15 is 0 Å². The molecule has 0 fully saturated rings. The second kappa shape index (κ2) is 3.67. The zero-order valence-corrected chi connectivity index (χ0v) is 6.29. The van der Waals surface area contributed by atoms with Crippen LogP contribution in [0.15, 0.2) is 30.8 Å². The Kier molecular flexibility index (Phi) is 2.58. The second-order valence-corrected chi connectivity index (χ2v) is 2.14. The quantitative estimate of drug-likeness (QED) is 0.507. The first-order valence-corrected chi connectivity index (χ1v) is 3.29. The van der Waals surface area contributed by atoms with Crippen LogP contribution in [0.4, 0.5) is 4.39 Å². The molecular formula is C9H7FO2. The van der Waals surface area contributed by atoms with Crippen molar-refractivity contribution in [3.63, 3.8) is 0 Å². The summed E-state index contributed by atoms with van der Waals surface area (Å²) in [6.45, 7) is 3.75. The molecule has 3 heteroatoms. The third-order valence-electron chi connectivity index (χ3n) is 1.36. The zero-order valence-electron chi connectivity index (χ0n) is 6.29. The maximum absolute atomic E-state index is 12.4. The molecule has 0 aromatic heterocycles. The SMILES string of the molecule is C=C(OC=O)c1ccc(F)cc1. The van der Waals surface area contributed by atoms with Gasteiger partial charge in [0.2, 0.25) is 0 Å². The van der Waals surface area contributed by atoms with Crippen molar-refractivity contribution >= 4 is 12.2 Å². The molecule has 0 atom stereocenters. The van der Waals surface area contributed by atoms with Crippen LogP contribution in [0.1, 0.15) is 5.56 Å². The molecule has 0 amide bonds. The molecule has 1 rings (SSSR count). The van der Waals surface area contributed by atoms with Crippen molar-refractivity contribution in [2.24, 2.45) is 0 Å². The lowest BCUT2D eigenvalue weighted by Crippen LogP contribution is -1.87. The van der Waals surface area contributed by atoms with Crippen molar-refractivity contribution in [1.82, 2.24) is 0 Å². The number of carbonyl (C=O) groups excluding carboxylic acids is 1. The molecule has 1 aromatic carbocycles. The second-order valence-electron chi connectivity index (χ2n) is 2.14. The highest BCUT2D eigenvalue weighted by Gasteiger charge is 1.98. The van der Waals surface area contributed by atoms with E-state index in [9.17, 15) is 9.18 Å². The highest BCUT2D eigenvalue weighted by molar-refractivity contribution is 5.63. The highest BCUT2D eigenvalue weighted by Crippen LogP contribution is 2.12. The van der Waals surface area contributed by atoms with Gasteiger partial charge >= 0.3 is 0 Å². The van der Waals surface area contributed by atoms with Gasteiger partial charge in [0.1, 0.15) is 11.6 Å². The summed E-state index contributed by atoms with van der Waals surface area (Å²) in [7, 11) is 0. The van der Waals surface area contributed by atoms with Gasteiger partial charge in [-0.1, -0.05) is 6.58 Å². The summed E-state index contributed by atoms with van der Waals surface area (Å²) >= 11 is 0. The monoisotopic (exact) mass is 166 g/mol. The Morgan fingerprint density at radius 1 is 1.42 bits per heavy atom. The van der Waals surface area contributed by atoms with Gasteiger partial charge in [0.25, 0.3) is 6.47 Å². The molecule has 0 aliphatic carbocycles. The van der Waals surface area contributed by atoms with Crippen LogP contribution in [0, 0.1) is 5.82 Å². The summed E-state index contributed by atoms with van der Waals surface area (Å²) in [4.78, 5) is 9.90. The van der Waals surface area contributed by atoms with Crippen LogP contribution in [0.25, 0.3) is 5.76 Å². The summed E-state index contributed by atoms with van der Waals surface area (Å²) in [6.07, 6.45) is 0. The summed E-state index contributed by atoms with van der Waals surface area (Å²) in [5.74, 6) is -0.123. The Morgan fingerprint density at radius 2 is 2.00 bits per heavy atom. The van der Waals surface area contributed by atoms with Gasteiger partial charge in [-0.3, -0.25) is 4.79 Å². The molecule has 0 heterocycles. The van der Waals surface area contributed by atoms with Crippen molar-refractivity contribution in [3.8, 4) is 0 Å². The van der Waals surface area contributed by atoms with E-state index in [0.717, 1.165) is 0 Å². The van der Waals surface area contributed by atoms with Crippen LogP contribution in [0.5, 0.6) is 0 Å². The Labute approximate surface area is 69.3 Å². The van der Waals surface area contributed by atoms with Crippen LogP contribution in [0.3, 0.4) is 0 Å². The van der Waals surface area contributed by atoms with Crippen LogP contribution in [-0.2, 0) is 9.53 Å². The van der Waals surface area contributed by atoms with Crippen molar-refractivity contribution in [1.29, 1.82) is 0 Å². The van der Waals surface area contributed by atoms with Crippen LogP contribution < -0.4 is 0 Å². The fourth-order valence-electron chi connectivity index (χ4n) is 0.762. The number of hydrogen-bond acceptors (Lipinski definition) is 2. The molecule has 2 nitrogen and oxygen atoms in total. The van der Waals surface area contributed by atoms with Gasteiger partial charge in [0.15, 0.2) is 0 Å². The summed E-state index contributed by atoms with van der Waals surface area (Å²) < 4.78 is 16.9. The molecule has 0 N–H and O–H groups in total. The predicted octanol–water partition coefficient (Wildman–Crippen LogP) is 1.97. The number of ether oxygens (including phenoxy) is 1. The fraction of sp³-hybridized carbons (Fsp3) is 0. The molecule has 0 bridgehead atoms. The molecule has 0 unspecified atom stereocenters. The lowest BCUT2D eigenvalue weighted by Gasteiger charge is -2.00. The Hall–Kier alpha value is -1.64. The van der Waals surface area contributed by atoms with E-state index < -0.39 is 0 Å². The first-order chi connectivity index (χ1) is 5.74. The Bertz CT molecular complexity index is 290. The fourth-order valence-corrected chi connectivity index (χ4v) is 0.762. The number of hydrogen-bond donors (Lipinski definition) is 0. The molecule has 12 heavy (non-hydrogen) atoms. The molecular weight excluding hydrogens is 159 g/mol. The molecule has 62 valence electrons. The van der Waals surface area contributed by atoms with E-state index in [2.05, 4.69) is 11.3 Å². The number of carbonyl (C=O) groups is 1. The van der Waals surface area contributed by atoms with E-state index in [1.165, 1.54) is 24.3 Å². The van der Waals surface area contributed by atoms with Gasteiger partial charge in [-0.25, -0.2) is 4.39 Å². The molecule has 0 saturated heterocycles. The molecule has 0 aliphatic heterocycles. The minimum atomic E-state index is -0.336. The third kappa shape index (κ3) is 1.92. The van der Waals surface area contributed by atoms with Gasteiger partial charge < -0.3 is 4.74 Å². The zero-order chi connectivity index (χ0) is 8.97. The van der Waals surface area contributed by atoms with Crippen molar-refractivity contribution in [2.75, 3.05) is 0 Å². The van der Waals surface area contributed by atoms with Crippen molar-refractivity contribution < 1.29 is 13.9 Å². The molecule has 0 saturated carbocycles. The van der Waals surface area contributed by atoms with E-state index in [-0.39, 0.29) is 18.0 Å². The van der Waals surface area contributed by atoms with Gasteiger partial charge in [0.05, 0.1) is 0 Å². The third-order valence-corrected chi connectivity index (χ3v) is 1.36. The number of halogens is 1. The first kappa shape index (κ1) is 8.46. The topological polar surface area (TPSA) is 26.3 Å². The predicted molar refractivity (Wildman–Crippen MR) is 42.6 cm³/mol. The molecule has 0 radical (unpaired) electrons. The first-order valence-electron chi connectivity index (χ1n) is 3.29. The molecule has 1 aromatic rings. The van der Waals surface area contributed by atoms with Crippen LogP contribution >= 0.6 is 0 Å². The Balaban J connectivity index is 2.82. The highest BCUT2D eigenvalue weighted by atomic mass is 19.1. The average molecular weight is 166 g/mol. The van der Waals surface area contributed by atoms with E-state index in [0.29, 0.717) is 5.56 Å². The van der Waals surface area contributed by atoms with Crippen LogP contribution in [0.2, 0.25) is 0 Å². The minimum absolute atomic E-state index is 0.213. The molecule has 0 aliphatic rings. The van der Waals surface area contributed by atoms with Gasteiger partial charge in [0, 0.05) is 5.56 Å². The van der Waals surface area contributed by atoms with Gasteiger partial charge in [-0.05, 0) is 24.3 Å². The number of rotatable bonds is 3. The summed E-state index contributed by atoms with van der Waals surface area (Å²) in [5, 5.41) is 0. The maximum Gasteiger partial charge on any atom is 0.298 e. The summed E-state index contributed by atoms with van der Waals surface area (Å²) in [6, 6.07) is 5.52. The lowest BCUT2D eigenvalue weighted by atomic mass is 10.2. The minimum Gasteiger partial charge on any atom is -0.429 e. The summed E-state index contributed by atoms with van der Waals surface area (Å²) in [5.41, 5.74) is 0.587. The van der Waals surface area contributed by atoms with Gasteiger partial charge in [-0.15, -0.1) is 0 Å². The number of benzene rings is 1. The molecule has 0 spiro atoms.